The molecule has 1 aliphatic heterocycles. The molecule has 1 aliphatic rings. The highest BCUT2D eigenvalue weighted by Gasteiger charge is 2.18. The van der Waals surface area contributed by atoms with E-state index in [2.05, 4.69) is 22.1 Å². The topological polar surface area (TPSA) is 80.0 Å². The summed E-state index contributed by atoms with van der Waals surface area (Å²) in [5.41, 5.74) is 6.44. The molecule has 1 aromatic carbocycles. The van der Waals surface area contributed by atoms with Crippen LogP contribution in [0.1, 0.15) is 24.7 Å². The first kappa shape index (κ1) is 18.1. The Morgan fingerprint density at radius 3 is 2.91 bits per heavy atom. The highest BCUT2D eigenvalue weighted by atomic mass is 35.5. The Hall–Kier alpha value is -1.95. The monoisotopic (exact) mass is 326 g/mol. The van der Waals surface area contributed by atoms with Gasteiger partial charge in [-0.25, -0.2) is 0 Å². The van der Waals surface area contributed by atoms with Crippen LogP contribution in [0, 0.1) is 0 Å². The first-order valence-electron chi connectivity index (χ1n) is 6.76. The van der Waals surface area contributed by atoms with Crippen LogP contribution in [0.25, 0.3) is 0 Å². The molecule has 0 saturated heterocycles. The maximum atomic E-state index is 12.3. The minimum Gasteiger partial charge on any atom is -0.496 e. The number of nitrogens with two attached hydrogens (primary N) is 1. The summed E-state index contributed by atoms with van der Waals surface area (Å²) >= 11 is 5.97. The second-order valence-corrected chi connectivity index (χ2v) is 5.04. The van der Waals surface area contributed by atoms with Gasteiger partial charge < -0.3 is 20.7 Å². The van der Waals surface area contributed by atoms with Gasteiger partial charge in [0.05, 0.1) is 36.5 Å². The molecule has 1 aromatic rings. The van der Waals surface area contributed by atoms with Gasteiger partial charge in [0.2, 0.25) is 0 Å². The van der Waals surface area contributed by atoms with Crippen molar-refractivity contribution in [2.45, 2.75) is 14.4 Å². The molecule has 6 nitrogen and oxygen atoms in total. The number of nitrogens with one attached hydrogen (secondary N) is 1. The normalized spacial score (nSPS) is 13.4. The van der Waals surface area contributed by atoms with E-state index in [1.807, 2.05) is 0 Å². The van der Waals surface area contributed by atoms with Crippen LogP contribution in [-0.4, -0.2) is 49.9 Å². The lowest BCUT2D eigenvalue weighted by atomic mass is 10.1. The molecule has 0 bridgehead atoms. The fraction of sp³-hybridized carbons (Fsp3) is 0.467. The number of aliphatic imine (C=N–C) groups is 1. The number of hydrogen-bond acceptors (Lipinski definition) is 5. The van der Waals surface area contributed by atoms with E-state index in [-0.39, 0.29) is 13.3 Å². The largest absolute Gasteiger partial charge is 0.496 e. The lowest BCUT2D eigenvalue weighted by molar-refractivity contribution is 0.0955. The third-order valence-corrected chi connectivity index (χ3v) is 3.71. The predicted octanol–water partition coefficient (Wildman–Crippen LogP) is 2.03. The number of rotatable bonds is 5. The van der Waals surface area contributed by atoms with Crippen molar-refractivity contribution in [3.05, 3.63) is 22.7 Å². The minimum absolute atomic E-state index is 0. The highest BCUT2D eigenvalue weighted by Crippen LogP contribution is 2.28. The Bertz CT molecular complexity index is 575. The number of ether oxygens (including phenoxy) is 1. The van der Waals surface area contributed by atoms with Gasteiger partial charge in [-0.3, -0.25) is 9.79 Å². The molecule has 7 heteroatoms. The minimum atomic E-state index is -0.264. The highest BCUT2D eigenvalue weighted by molar-refractivity contribution is 6.33. The standard InChI is InChI=1S/C14H19ClN4O2.CH4/c1-3-19-5-4-17-13(19)8-18-14(20)9-6-10(15)11(16)7-12(9)21-2;/h6-7H,3-5,8,16H2,1-2H3,(H,18,20);1H4. The van der Waals surface area contributed by atoms with Crippen molar-refractivity contribution < 1.29 is 9.53 Å². The number of nitrogen functional groups attached to an aromatic ring is 1. The van der Waals surface area contributed by atoms with E-state index in [1.54, 1.807) is 6.07 Å². The van der Waals surface area contributed by atoms with Crippen LogP contribution in [0.4, 0.5) is 5.69 Å². The maximum absolute atomic E-state index is 12.3. The molecule has 0 aliphatic carbocycles. The molecule has 0 saturated carbocycles. The van der Waals surface area contributed by atoms with Crippen molar-refractivity contribution in [2.24, 2.45) is 4.99 Å². The predicted molar refractivity (Wildman–Crippen MR) is 91.0 cm³/mol. The van der Waals surface area contributed by atoms with E-state index in [0.29, 0.717) is 28.6 Å². The zero-order valence-electron chi connectivity index (χ0n) is 12.1. The van der Waals surface area contributed by atoms with Crippen LogP contribution in [-0.2, 0) is 0 Å². The summed E-state index contributed by atoms with van der Waals surface area (Å²) in [4.78, 5) is 18.8. The summed E-state index contributed by atoms with van der Waals surface area (Å²) in [6, 6.07) is 3.06. The number of halogens is 1. The van der Waals surface area contributed by atoms with E-state index < -0.39 is 0 Å². The Labute approximate surface area is 136 Å². The molecule has 3 N–H and O–H groups in total. The molecule has 122 valence electrons. The zero-order valence-corrected chi connectivity index (χ0v) is 12.9. The summed E-state index contributed by atoms with van der Waals surface area (Å²) < 4.78 is 5.18. The number of hydrogen-bond donors (Lipinski definition) is 2. The second kappa shape index (κ2) is 7.89. The number of amidine groups is 1. The molecule has 2 rings (SSSR count). The number of anilines is 1. The van der Waals surface area contributed by atoms with Crippen LogP contribution < -0.4 is 15.8 Å². The van der Waals surface area contributed by atoms with Gasteiger partial charge in [0.25, 0.3) is 5.91 Å². The molecule has 0 radical (unpaired) electrons. The summed E-state index contributed by atoms with van der Waals surface area (Å²) in [5.74, 6) is 1.03. The van der Waals surface area contributed by atoms with Crippen LogP contribution in [0.5, 0.6) is 5.75 Å². The van der Waals surface area contributed by atoms with Crippen molar-refractivity contribution in [2.75, 3.05) is 39.0 Å². The lowest BCUT2D eigenvalue weighted by Crippen LogP contribution is -2.38. The number of likely N-dealkylation sites (N-methyl/N-ethyl adjacent to an activating group) is 1. The van der Waals surface area contributed by atoms with Gasteiger partial charge in [0.15, 0.2) is 0 Å². The first-order valence-corrected chi connectivity index (χ1v) is 7.14. The van der Waals surface area contributed by atoms with E-state index in [0.717, 1.165) is 25.5 Å². The van der Waals surface area contributed by atoms with Gasteiger partial charge in [0.1, 0.15) is 11.6 Å². The third-order valence-electron chi connectivity index (χ3n) is 3.38. The number of carbonyl (C=O) groups excluding carboxylic acids is 1. The number of nitrogens with zero attached hydrogens (tertiary/aromatic N) is 2. The van der Waals surface area contributed by atoms with E-state index >= 15 is 0 Å². The molecule has 22 heavy (non-hydrogen) atoms. The Morgan fingerprint density at radius 1 is 1.55 bits per heavy atom. The quantitative estimate of drug-likeness (QED) is 0.811. The number of amides is 1. The Kier molecular flexibility index (Phi) is 6.49. The Balaban J connectivity index is 0.00000242. The molecule has 0 aromatic heterocycles. The van der Waals surface area contributed by atoms with Gasteiger partial charge >= 0.3 is 0 Å². The van der Waals surface area contributed by atoms with Crippen LogP contribution >= 0.6 is 11.6 Å². The number of benzene rings is 1. The maximum Gasteiger partial charge on any atom is 0.255 e. The van der Waals surface area contributed by atoms with Crippen molar-refractivity contribution in [3.8, 4) is 5.75 Å². The van der Waals surface area contributed by atoms with E-state index in [4.69, 9.17) is 22.1 Å². The molecule has 0 atom stereocenters. The summed E-state index contributed by atoms with van der Waals surface area (Å²) in [6.07, 6.45) is 0. The molecule has 0 spiro atoms. The van der Waals surface area contributed by atoms with Crippen molar-refractivity contribution in [1.29, 1.82) is 0 Å². The summed E-state index contributed by atoms with van der Waals surface area (Å²) in [5, 5.41) is 3.16. The fourth-order valence-electron chi connectivity index (χ4n) is 2.21. The molecule has 1 heterocycles. The van der Waals surface area contributed by atoms with Crippen molar-refractivity contribution in [1.82, 2.24) is 10.2 Å². The molecule has 0 unspecified atom stereocenters. The molecule has 0 fully saturated rings. The van der Waals surface area contributed by atoms with Crippen LogP contribution in [0.3, 0.4) is 0 Å². The Morgan fingerprint density at radius 2 is 2.27 bits per heavy atom. The van der Waals surface area contributed by atoms with Gasteiger partial charge in [0, 0.05) is 19.2 Å². The van der Waals surface area contributed by atoms with E-state index in [1.165, 1.54) is 13.2 Å². The van der Waals surface area contributed by atoms with Crippen molar-refractivity contribution >= 4 is 29.0 Å². The average Bonchev–Trinajstić information content (AvgIpc) is 2.94. The zero-order chi connectivity index (χ0) is 15.4. The first-order chi connectivity index (χ1) is 10.1. The van der Waals surface area contributed by atoms with Crippen LogP contribution in [0.15, 0.2) is 17.1 Å². The number of carbonyl (C=O) groups is 1. The van der Waals surface area contributed by atoms with Gasteiger partial charge in [-0.15, -0.1) is 0 Å². The average molecular weight is 327 g/mol. The third kappa shape index (κ3) is 3.82. The van der Waals surface area contributed by atoms with E-state index in [9.17, 15) is 4.79 Å². The molecular weight excluding hydrogens is 304 g/mol. The summed E-state index contributed by atoms with van der Waals surface area (Å²) in [7, 11) is 1.49. The second-order valence-electron chi connectivity index (χ2n) is 4.63. The lowest BCUT2D eigenvalue weighted by Gasteiger charge is -2.18. The molecular formula is C15H23ClN4O2. The smallest absolute Gasteiger partial charge is 0.255 e. The van der Waals surface area contributed by atoms with Gasteiger partial charge in [-0.1, -0.05) is 19.0 Å². The van der Waals surface area contributed by atoms with Gasteiger partial charge in [-0.2, -0.15) is 0 Å². The number of methoxy groups -OCH3 is 1. The van der Waals surface area contributed by atoms with Crippen LogP contribution in [0.2, 0.25) is 5.02 Å². The molecule has 1 amide bonds. The van der Waals surface area contributed by atoms with Gasteiger partial charge in [-0.05, 0) is 13.0 Å². The van der Waals surface area contributed by atoms with Crippen molar-refractivity contribution in [3.63, 3.8) is 0 Å². The fourth-order valence-corrected chi connectivity index (χ4v) is 2.37. The summed E-state index contributed by atoms with van der Waals surface area (Å²) in [6.45, 7) is 5.00. The SMILES string of the molecule is C.CCN1CCN=C1CNC(=O)c1cc(Cl)c(N)cc1OC.